The largest absolute Gasteiger partial charge is 0.411 e. The van der Waals surface area contributed by atoms with Gasteiger partial charge in [-0.15, -0.1) is 10.2 Å². The Morgan fingerprint density at radius 2 is 1.86 bits per heavy atom. The highest BCUT2D eigenvalue weighted by Crippen LogP contribution is 2.25. The van der Waals surface area contributed by atoms with Crippen LogP contribution in [0.4, 0.5) is 0 Å². The van der Waals surface area contributed by atoms with Gasteiger partial charge in [0.15, 0.2) is 0 Å². The van der Waals surface area contributed by atoms with Crippen molar-refractivity contribution in [2.24, 2.45) is 0 Å². The molecule has 4 rings (SSSR count). The number of fused-ring (bicyclic) bond motifs is 1. The van der Waals surface area contributed by atoms with Crippen molar-refractivity contribution < 1.29 is 4.42 Å². The van der Waals surface area contributed by atoms with Crippen molar-refractivity contribution in [3.05, 3.63) is 66.6 Å². The highest BCUT2D eigenvalue weighted by molar-refractivity contribution is 7.98. The second-order valence-electron chi connectivity index (χ2n) is 4.73. The smallest absolute Gasteiger partial charge is 0.277 e. The molecule has 0 amide bonds. The molecule has 0 radical (unpaired) electrons. The Bertz CT molecular complexity index is 868. The van der Waals surface area contributed by atoms with Gasteiger partial charge in [-0.3, -0.25) is 0 Å². The van der Waals surface area contributed by atoms with Gasteiger partial charge in [-0.2, -0.15) is 0 Å². The molecule has 1 aromatic carbocycles. The lowest BCUT2D eigenvalue weighted by Crippen LogP contribution is -1.79. The van der Waals surface area contributed by atoms with Crippen molar-refractivity contribution in [1.29, 1.82) is 0 Å². The Labute approximate surface area is 131 Å². The van der Waals surface area contributed by atoms with Crippen LogP contribution in [0.5, 0.6) is 0 Å². The summed E-state index contributed by atoms with van der Waals surface area (Å²) in [4.78, 5) is 4.55. The Kier molecular flexibility index (Phi) is 3.36. The van der Waals surface area contributed by atoms with E-state index in [9.17, 15) is 0 Å². The summed E-state index contributed by atoms with van der Waals surface area (Å²) in [6.07, 6.45) is 3.99. The number of nitrogens with zero attached hydrogens (tertiary/aromatic N) is 4. The summed E-state index contributed by atoms with van der Waals surface area (Å²) in [5.41, 5.74) is 2.85. The first kappa shape index (κ1) is 13.1. The molecule has 0 unspecified atom stereocenters. The first-order valence-corrected chi connectivity index (χ1v) is 7.81. The highest BCUT2D eigenvalue weighted by Gasteiger charge is 2.10. The third-order valence-corrected chi connectivity index (χ3v) is 4.04. The van der Waals surface area contributed by atoms with Gasteiger partial charge in [-0.05, 0) is 24.3 Å². The van der Waals surface area contributed by atoms with Crippen molar-refractivity contribution in [2.75, 3.05) is 0 Å². The minimum atomic E-state index is 0.540. The summed E-state index contributed by atoms with van der Waals surface area (Å²) in [6.45, 7) is 0. The molecule has 3 heterocycles. The highest BCUT2D eigenvalue weighted by atomic mass is 32.2. The molecule has 0 bridgehead atoms. The van der Waals surface area contributed by atoms with Crippen LogP contribution in [0.25, 0.3) is 17.1 Å². The number of imidazole rings is 1. The van der Waals surface area contributed by atoms with E-state index in [1.165, 1.54) is 11.8 Å². The number of benzene rings is 1. The molecular formula is C16H12N4OS. The molecule has 6 heteroatoms. The molecule has 0 fully saturated rings. The van der Waals surface area contributed by atoms with Crippen LogP contribution in [0.3, 0.4) is 0 Å². The van der Waals surface area contributed by atoms with Gasteiger partial charge in [0.05, 0.1) is 5.69 Å². The SMILES string of the molecule is c1ccc(-c2nnc(SCc3cn4ccccc4n3)o2)cc1. The molecule has 0 saturated heterocycles. The number of hydrogen-bond acceptors (Lipinski definition) is 5. The van der Waals surface area contributed by atoms with Crippen LogP contribution < -0.4 is 0 Å². The molecule has 108 valence electrons. The summed E-state index contributed by atoms with van der Waals surface area (Å²) < 4.78 is 7.67. The summed E-state index contributed by atoms with van der Waals surface area (Å²) in [6, 6.07) is 15.7. The van der Waals surface area contributed by atoms with Gasteiger partial charge in [-0.25, -0.2) is 4.98 Å². The Balaban J connectivity index is 1.49. The molecule has 0 aliphatic rings. The molecule has 3 aromatic heterocycles. The quantitative estimate of drug-likeness (QED) is 0.538. The van der Waals surface area contributed by atoms with Crippen LogP contribution in [0.2, 0.25) is 0 Å². The van der Waals surface area contributed by atoms with Gasteiger partial charge in [0.25, 0.3) is 5.22 Å². The molecule has 0 aliphatic heterocycles. The summed E-state index contributed by atoms with van der Waals surface area (Å²) in [5.74, 6) is 1.23. The van der Waals surface area contributed by atoms with Crippen LogP contribution >= 0.6 is 11.8 Å². The maximum Gasteiger partial charge on any atom is 0.277 e. The molecule has 0 spiro atoms. The fourth-order valence-corrected chi connectivity index (χ4v) is 2.80. The molecule has 0 saturated carbocycles. The van der Waals surface area contributed by atoms with E-state index in [-0.39, 0.29) is 0 Å². The second-order valence-corrected chi connectivity index (χ2v) is 5.65. The summed E-state index contributed by atoms with van der Waals surface area (Å²) in [7, 11) is 0. The number of thioether (sulfide) groups is 1. The van der Waals surface area contributed by atoms with Gasteiger partial charge in [0.1, 0.15) is 5.65 Å². The zero-order valence-corrected chi connectivity index (χ0v) is 12.4. The molecule has 4 aromatic rings. The van der Waals surface area contributed by atoms with E-state index >= 15 is 0 Å². The van der Waals surface area contributed by atoms with Crippen LogP contribution in [0.1, 0.15) is 5.69 Å². The van der Waals surface area contributed by atoms with Gasteiger partial charge in [0.2, 0.25) is 5.89 Å². The Hall–Kier alpha value is -2.60. The number of hydrogen-bond donors (Lipinski definition) is 0. The van der Waals surface area contributed by atoms with E-state index in [0.29, 0.717) is 16.9 Å². The first-order chi connectivity index (χ1) is 10.9. The van der Waals surface area contributed by atoms with Crippen LogP contribution in [-0.4, -0.2) is 19.6 Å². The average Bonchev–Trinajstić information content (AvgIpc) is 3.20. The lowest BCUT2D eigenvalue weighted by molar-refractivity contribution is 0.466. The minimum Gasteiger partial charge on any atom is -0.411 e. The standard InChI is InChI=1S/C16H12N4OS/c1-2-6-12(7-3-1)15-18-19-16(21-15)22-11-13-10-20-9-5-4-8-14(20)17-13/h1-10H,11H2. The van der Waals surface area contributed by atoms with E-state index in [2.05, 4.69) is 15.2 Å². The topological polar surface area (TPSA) is 56.2 Å². The van der Waals surface area contributed by atoms with Crippen molar-refractivity contribution in [3.63, 3.8) is 0 Å². The van der Waals surface area contributed by atoms with E-state index in [1.807, 2.05) is 65.3 Å². The predicted octanol–water partition coefficient (Wildman–Crippen LogP) is 3.68. The van der Waals surface area contributed by atoms with E-state index in [4.69, 9.17) is 4.42 Å². The van der Waals surface area contributed by atoms with Crippen LogP contribution in [0.15, 0.2) is 70.6 Å². The van der Waals surface area contributed by atoms with E-state index < -0.39 is 0 Å². The van der Waals surface area contributed by atoms with E-state index in [0.717, 1.165) is 16.9 Å². The van der Waals surface area contributed by atoms with Crippen molar-refractivity contribution >= 4 is 17.4 Å². The molecule has 22 heavy (non-hydrogen) atoms. The fourth-order valence-electron chi connectivity index (χ4n) is 2.16. The first-order valence-electron chi connectivity index (χ1n) is 6.83. The normalized spacial score (nSPS) is 11.1. The molecule has 0 N–H and O–H groups in total. The maximum atomic E-state index is 5.67. The lowest BCUT2D eigenvalue weighted by atomic mass is 10.2. The van der Waals surface area contributed by atoms with E-state index in [1.54, 1.807) is 0 Å². The molecule has 5 nitrogen and oxygen atoms in total. The number of pyridine rings is 1. The summed E-state index contributed by atoms with van der Waals surface area (Å²) in [5, 5.41) is 8.70. The monoisotopic (exact) mass is 308 g/mol. The van der Waals surface area contributed by atoms with Crippen LogP contribution in [-0.2, 0) is 5.75 Å². The molecule has 0 aliphatic carbocycles. The fraction of sp³-hybridized carbons (Fsp3) is 0.0625. The predicted molar refractivity (Wildman–Crippen MR) is 84.5 cm³/mol. The number of rotatable bonds is 4. The van der Waals surface area contributed by atoms with Crippen LogP contribution in [0, 0.1) is 0 Å². The van der Waals surface area contributed by atoms with Gasteiger partial charge >= 0.3 is 0 Å². The lowest BCUT2D eigenvalue weighted by Gasteiger charge is -1.93. The summed E-state index contributed by atoms with van der Waals surface area (Å²) >= 11 is 1.49. The second kappa shape index (κ2) is 5.65. The maximum absolute atomic E-state index is 5.67. The van der Waals surface area contributed by atoms with Crippen molar-refractivity contribution in [1.82, 2.24) is 19.6 Å². The zero-order valence-electron chi connectivity index (χ0n) is 11.6. The van der Waals surface area contributed by atoms with Crippen molar-refractivity contribution in [2.45, 2.75) is 11.0 Å². The third-order valence-electron chi connectivity index (χ3n) is 3.18. The average molecular weight is 308 g/mol. The minimum absolute atomic E-state index is 0.540. The van der Waals surface area contributed by atoms with Gasteiger partial charge < -0.3 is 8.82 Å². The van der Waals surface area contributed by atoms with Gasteiger partial charge in [0, 0.05) is 23.7 Å². The van der Waals surface area contributed by atoms with Crippen molar-refractivity contribution in [3.8, 4) is 11.5 Å². The zero-order chi connectivity index (χ0) is 14.8. The number of aromatic nitrogens is 4. The van der Waals surface area contributed by atoms with Gasteiger partial charge in [-0.1, -0.05) is 36.0 Å². The molecule has 0 atom stereocenters. The third kappa shape index (κ3) is 2.60. The Morgan fingerprint density at radius 1 is 1.00 bits per heavy atom. The Morgan fingerprint density at radius 3 is 2.73 bits per heavy atom. The molecular weight excluding hydrogens is 296 g/mol.